The summed E-state index contributed by atoms with van der Waals surface area (Å²) < 4.78 is 1.10. The van der Waals surface area contributed by atoms with E-state index in [1.165, 1.54) is 13.1 Å². The molecule has 0 atom stereocenters. The van der Waals surface area contributed by atoms with Gasteiger partial charge in [-0.15, -0.1) is 0 Å². The van der Waals surface area contributed by atoms with Gasteiger partial charge in [0.2, 0.25) is 0 Å². The van der Waals surface area contributed by atoms with E-state index in [4.69, 9.17) is 0 Å². The number of nitrogens with zero attached hydrogens (tertiary/aromatic N) is 2. The fourth-order valence-electron chi connectivity index (χ4n) is 1.73. The van der Waals surface area contributed by atoms with E-state index in [-0.39, 0.29) is 0 Å². The number of nitrogens with one attached hydrogen (secondary N) is 1. The average Bonchev–Trinajstić information content (AvgIpc) is 2.28. The second-order valence-electron chi connectivity index (χ2n) is 4.21. The summed E-state index contributed by atoms with van der Waals surface area (Å²) in [6.07, 6.45) is 1.94. The van der Waals surface area contributed by atoms with Crippen molar-refractivity contribution in [2.45, 2.75) is 0 Å². The maximum Gasteiger partial charge on any atom is 0.0964 e. The Morgan fingerprint density at radius 3 is 2.81 bits per heavy atom. The predicted molar refractivity (Wildman–Crippen MR) is 69.9 cm³/mol. The molecule has 3 nitrogen and oxygen atoms in total. The normalized spacial score (nSPS) is 18.2. The van der Waals surface area contributed by atoms with Crippen LogP contribution < -0.4 is 4.90 Å². The lowest BCUT2D eigenvalue weighted by molar-refractivity contribution is -0.884. The quantitative estimate of drug-likeness (QED) is 0.789. The van der Waals surface area contributed by atoms with Crippen molar-refractivity contribution >= 4 is 22.1 Å². The highest BCUT2D eigenvalue weighted by atomic mass is 79.9. The fourth-order valence-corrected chi connectivity index (χ4v) is 2.14. The number of likely N-dealkylation sites (N-methyl/N-ethyl adjacent to an activating group) is 1. The molecule has 0 radical (unpaired) electrons. The van der Waals surface area contributed by atoms with Crippen LogP contribution in [0.15, 0.2) is 33.8 Å². The summed E-state index contributed by atoms with van der Waals surface area (Å²) >= 11 is 3.46. The number of hydrogen-bond donors (Lipinski definition) is 1. The average molecular weight is 283 g/mol. The lowest BCUT2D eigenvalue weighted by Crippen LogP contribution is -3.11. The van der Waals surface area contributed by atoms with E-state index in [0.717, 1.165) is 23.1 Å². The minimum Gasteiger partial charge on any atom is -0.334 e. The van der Waals surface area contributed by atoms with Gasteiger partial charge in [0.05, 0.1) is 39.4 Å². The van der Waals surface area contributed by atoms with Gasteiger partial charge < -0.3 is 4.90 Å². The van der Waals surface area contributed by atoms with Crippen LogP contribution in [0.4, 0.5) is 0 Å². The van der Waals surface area contributed by atoms with Crippen LogP contribution >= 0.6 is 15.9 Å². The number of halogens is 1. The van der Waals surface area contributed by atoms with Crippen LogP contribution in [0.1, 0.15) is 5.56 Å². The third-order valence-corrected chi connectivity index (χ3v) is 3.31. The SMILES string of the molecule is C[NH+]1CCN(/N=C\c2cccc(Br)c2)CC1. The van der Waals surface area contributed by atoms with Crippen molar-refractivity contribution in [3.8, 4) is 0 Å². The standard InChI is InChI=1S/C12H16BrN3/c1-15-5-7-16(8-6-15)14-10-11-3-2-4-12(13)9-11/h2-4,9-10H,5-8H2,1H3/p+1/b14-10-. The molecule has 1 fully saturated rings. The molecule has 1 saturated heterocycles. The van der Waals surface area contributed by atoms with Gasteiger partial charge in [0, 0.05) is 4.47 Å². The van der Waals surface area contributed by atoms with Crippen LogP contribution in [0, 0.1) is 0 Å². The molecule has 1 aliphatic rings. The van der Waals surface area contributed by atoms with Gasteiger partial charge in [-0.05, 0) is 17.7 Å². The first-order valence-corrected chi connectivity index (χ1v) is 6.39. The lowest BCUT2D eigenvalue weighted by atomic mass is 10.2. The zero-order chi connectivity index (χ0) is 11.4. The molecule has 0 bridgehead atoms. The Hall–Kier alpha value is -0.870. The van der Waals surface area contributed by atoms with Crippen molar-refractivity contribution in [1.82, 2.24) is 5.01 Å². The Kier molecular flexibility index (Phi) is 3.96. The molecule has 0 aromatic heterocycles. The van der Waals surface area contributed by atoms with Gasteiger partial charge in [-0.1, -0.05) is 28.1 Å². The van der Waals surface area contributed by atoms with Gasteiger partial charge in [-0.3, -0.25) is 5.01 Å². The number of piperazine rings is 1. The molecule has 2 rings (SSSR count). The minimum atomic E-state index is 1.05. The van der Waals surface area contributed by atoms with Gasteiger partial charge >= 0.3 is 0 Å². The van der Waals surface area contributed by atoms with Gasteiger partial charge in [0.25, 0.3) is 0 Å². The van der Waals surface area contributed by atoms with Gasteiger partial charge in [0.1, 0.15) is 0 Å². The number of hydrazone groups is 1. The minimum absolute atomic E-state index is 1.05. The first kappa shape index (κ1) is 11.6. The smallest absolute Gasteiger partial charge is 0.0964 e. The van der Waals surface area contributed by atoms with Gasteiger partial charge in [-0.25, -0.2) is 0 Å². The van der Waals surface area contributed by atoms with Crippen molar-refractivity contribution in [3.63, 3.8) is 0 Å². The number of benzene rings is 1. The molecule has 1 aromatic carbocycles. The molecule has 1 heterocycles. The summed E-state index contributed by atoms with van der Waals surface area (Å²) in [5.41, 5.74) is 1.14. The molecule has 4 heteroatoms. The second-order valence-corrected chi connectivity index (χ2v) is 5.13. The van der Waals surface area contributed by atoms with Crippen molar-refractivity contribution in [1.29, 1.82) is 0 Å². The summed E-state index contributed by atoms with van der Waals surface area (Å²) in [5, 5.41) is 6.65. The monoisotopic (exact) mass is 282 g/mol. The molecule has 0 spiro atoms. The van der Waals surface area contributed by atoms with Crippen LogP contribution in [0.25, 0.3) is 0 Å². The molecule has 86 valence electrons. The number of hydrogen-bond acceptors (Lipinski definition) is 2. The molecule has 0 amide bonds. The summed E-state index contributed by atoms with van der Waals surface area (Å²) in [6.45, 7) is 4.46. The molecular formula is C12H17BrN3+. The van der Waals surface area contributed by atoms with Crippen molar-refractivity contribution in [3.05, 3.63) is 34.3 Å². The third-order valence-electron chi connectivity index (χ3n) is 2.81. The van der Waals surface area contributed by atoms with E-state index in [9.17, 15) is 0 Å². The molecule has 1 aliphatic heterocycles. The maximum absolute atomic E-state index is 4.50. The summed E-state index contributed by atoms with van der Waals surface area (Å²) in [4.78, 5) is 1.59. The Morgan fingerprint density at radius 2 is 2.12 bits per heavy atom. The number of quaternary nitrogens is 1. The Labute approximate surface area is 105 Å². The van der Waals surface area contributed by atoms with Crippen molar-refractivity contribution in [2.24, 2.45) is 5.10 Å². The Morgan fingerprint density at radius 1 is 1.38 bits per heavy atom. The van der Waals surface area contributed by atoms with E-state index in [2.05, 4.69) is 45.2 Å². The first-order chi connectivity index (χ1) is 7.74. The second kappa shape index (κ2) is 5.46. The topological polar surface area (TPSA) is 20.0 Å². The van der Waals surface area contributed by atoms with E-state index in [1.54, 1.807) is 4.90 Å². The van der Waals surface area contributed by atoms with Crippen LogP contribution in [0.2, 0.25) is 0 Å². The van der Waals surface area contributed by atoms with Crippen molar-refractivity contribution in [2.75, 3.05) is 33.2 Å². The molecule has 0 saturated carbocycles. The predicted octanol–water partition coefficient (Wildman–Crippen LogP) is 0.613. The van der Waals surface area contributed by atoms with E-state index in [0.29, 0.717) is 0 Å². The first-order valence-electron chi connectivity index (χ1n) is 5.60. The lowest BCUT2D eigenvalue weighted by Gasteiger charge is -2.27. The Balaban J connectivity index is 1.94. The largest absolute Gasteiger partial charge is 0.334 e. The molecule has 1 aromatic rings. The molecule has 16 heavy (non-hydrogen) atoms. The molecule has 1 N–H and O–H groups in total. The Bertz CT molecular complexity index is 370. The number of rotatable bonds is 2. The van der Waals surface area contributed by atoms with E-state index >= 15 is 0 Å². The van der Waals surface area contributed by atoms with Crippen LogP contribution in [0.3, 0.4) is 0 Å². The highest BCUT2D eigenvalue weighted by Crippen LogP contribution is 2.10. The maximum atomic E-state index is 4.50. The molecule has 0 aliphatic carbocycles. The molecule has 0 unspecified atom stereocenters. The van der Waals surface area contributed by atoms with E-state index < -0.39 is 0 Å². The summed E-state index contributed by atoms with van der Waals surface area (Å²) in [5.74, 6) is 0. The molecular weight excluding hydrogens is 266 g/mol. The van der Waals surface area contributed by atoms with Gasteiger partial charge in [-0.2, -0.15) is 5.10 Å². The fraction of sp³-hybridized carbons (Fsp3) is 0.417. The summed E-state index contributed by atoms with van der Waals surface area (Å²) in [7, 11) is 2.23. The highest BCUT2D eigenvalue weighted by molar-refractivity contribution is 9.10. The third kappa shape index (κ3) is 3.32. The van der Waals surface area contributed by atoms with Crippen LogP contribution in [-0.4, -0.2) is 44.5 Å². The van der Waals surface area contributed by atoms with Crippen LogP contribution in [0.5, 0.6) is 0 Å². The van der Waals surface area contributed by atoms with Crippen molar-refractivity contribution < 1.29 is 4.90 Å². The van der Waals surface area contributed by atoms with E-state index in [1.807, 2.05) is 18.3 Å². The van der Waals surface area contributed by atoms with Crippen LogP contribution in [-0.2, 0) is 0 Å². The van der Waals surface area contributed by atoms with Gasteiger partial charge in [0.15, 0.2) is 0 Å². The zero-order valence-electron chi connectivity index (χ0n) is 9.49. The zero-order valence-corrected chi connectivity index (χ0v) is 11.1. The summed E-state index contributed by atoms with van der Waals surface area (Å²) in [6, 6.07) is 8.19. The highest BCUT2D eigenvalue weighted by Gasteiger charge is 2.13.